The maximum absolute atomic E-state index is 11.3. The number of nitrogens with zero attached hydrogens (tertiary/aromatic N) is 1. The molecule has 0 aliphatic carbocycles. The summed E-state index contributed by atoms with van der Waals surface area (Å²) in [7, 11) is 0. The zero-order chi connectivity index (χ0) is 9.68. The van der Waals surface area contributed by atoms with E-state index in [1.54, 1.807) is 0 Å². The lowest BCUT2D eigenvalue weighted by Crippen LogP contribution is -2.16. The van der Waals surface area contributed by atoms with Crippen molar-refractivity contribution in [3.8, 4) is 0 Å². The van der Waals surface area contributed by atoms with Crippen LogP contribution in [0.15, 0.2) is 24.3 Å². The number of hydrogen-bond acceptors (Lipinski definition) is 1. The van der Waals surface area contributed by atoms with Crippen molar-refractivity contribution in [1.82, 2.24) is 5.32 Å². The molecule has 0 aliphatic rings. The second kappa shape index (κ2) is 4.65. The van der Waals surface area contributed by atoms with Gasteiger partial charge in [0.1, 0.15) is 0 Å². The van der Waals surface area contributed by atoms with Crippen LogP contribution in [0.3, 0.4) is 0 Å². The Balaban J connectivity index is 2.61. The Hall–Kier alpha value is -1.31. The third-order valence-electron chi connectivity index (χ3n) is 1.78. The van der Waals surface area contributed by atoms with Crippen molar-refractivity contribution in [3.05, 3.63) is 35.4 Å². The molecule has 0 spiro atoms. The smallest absolute Gasteiger partial charge is 0.267 e. The summed E-state index contributed by atoms with van der Waals surface area (Å²) in [4.78, 5) is 11.3. The van der Waals surface area contributed by atoms with Crippen LogP contribution in [0, 0.1) is 6.92 Å². The van der Waals surface area contributed by atoms with E-state index in [-0.39, 0.29) is 5.91 Å². The van der Waals surface area contributed by atoms with Crippen LogP contribution in [0.1, 0.15) is 29.3 Å². The van der Waals surface area contributed by atoms with Gasteiger partial charge in [0.2, 0.25) is 0 Å². The van der Waals surface area contributed by atoms with E-state index in [9.17, 15) is 4.79 Å². The van der Waals surface area contributed by atoms with Crippen LogP contribution >= 0.6 is 0 Å². The second-order valence-electron chi connectivity index (χ2n) is 3.05. The molecule has 0 aliphatic heterocycles. The summed E-state index contributed by atoms with van der Waals surface area (Å²) in [6.45, 7) is 4.62. The molecule has 0 atom stereocenters. The Morgan fingerprint density at radius 2 is 1.92 bits per heavy atom. The third kappa shape index (κ3) is 2.90. The van der Waals surface area contributed by atoms with E-state index >= 15 is 0 Å². The molecule has 0 heterocycles. The number of carbonyl (C=O) groups is 1. The number of carbonyl (C=O) groups excluding carboxylic acids is 1. The van der Waals surface area contributed by atoms with Crippen LogP contribution in [-0.4, -0.2) is 12.5 Å². The van der Waals surface area contributed by atoms with Gasteiger partial charge >= 0.3 is 0 Å². The molecule has 0 aromatic heterocycles. The zero-order valence-electron chi connectivity index (χ0n) is 8.08. The van der Waals surface area contributed by atoms with Crippen molar-refractivity contribution in [2.75, 3.05) is 6.54 Å². The lowest BCUT2D eigenvalue weighted by atomic mass is 10.1. The average Bonchev–Trinajstić information content (AvgIpc) is 2.15. The molecule has 1 rings (SSSR count). The first-order valence-corrected chi connectivity index (χ1v) is 4.52. The van der Waals surface area contributed by atoms with E-state index in [1.807, 2.05) is 38.1 Å². The molecule has 69 valence electrons. The van der Waals surface area contributed by atoms with Crippen molar-refractivity contribution < 1.29 is 4.79 Å². The largest absolute Gasteiger partial charge is 0.272 e. The van der Waals surface area contributed by atoms with Gasteiger partial charge in [0.15, 0.2) is 0 Å². The zero-order valence-corrected chi connectivity index (χ0v) is 8.08. The topological polar surface area (TPSA) is 31.2 Å². The first-order valence-electron chi connectivity index (χ1n) is 4.52. The normalized spacial score (nSPS) is 9.69. The van der Waals surface area contributed by atoms with E-state index in [0.717, 1.165) is 12.0 Å². The lowest BCUT2D eigenvalue weighted by molar-refractivity contribution is 0.0949. The summed E-state index contributed by atoms with van der Waals surface area (Å²) in [5, 5.41) is 3.90. The molecular formula is C11H14NO. The molecule has 0 saturated heterocycles. The molecule has 2 heteroatoms. The number of benzene rings is 1. The molecule has 0 N–H and O–H groups in total. The second-order valence-corrected chi connectivity index (χ2v) is 3.05. The molecule has 0 bridgehead atoms. The molecule has 0 unspecified atom stereocenters. The Kier molecular flexibility index (Phi) is 3.50. The molecule has 2 nitrogen and oxygen atoms in total. The first-order chi connectivity index (χ1) is 6.24. The van der Waals surface area contributed by atoms with Gasteiger partial charge in [-0.05, 0) is 25.5 Å². The minimum atomic E-state index is -0.109. The fourth-order valence-corrected chi connectivity index (χ4v) is 1.00. The molecule has 1 radical (unpaired) electrons. The van der Waals surface area contributed by atoms with E-state index in [1.165, 1.54) is 0 Å². The summed E-state index contributed by atoms with van der Waals surface area (Å²) in [5.41, 5.74) is 1.84. The van der Waals surface area contributed by atoms with Gasteiger partial charge in [-0.3, -0.25) is 4.79 Å². The molecular weight excluding hydrogens is 162 g/mol. The van der Waals surface area contributed by atoms with Crippen LogP contribution in [0.4, 0.5) is 0 Å². The summed E-state index contributed by atoms with van der Waals surface area (Å²) in [5.74, 6) is -0.109. The van der Waals surface area contributed by atoms with Crippen molar-refractivity contribution in [2.45, 2.75) is 20.3 Å². The Bertz CT molecular complexity index is 277. The molecule has 0 saturated carbocycles. The van der Waals surface area contributed by atoms with Gasteiger partial charge in [0.05, 0.1) is 0 Å². The van der Waals surface area contributed by atoms with Gasteiger partial charge in [-0.15, -0.1) is 0 Å². The summed E-state index contributed by atoms with van der Waals surface area (Å²) in [6, 6.07) is 7.48. The molecule has 13 heavy (non-hydrogen) atoms. The summed E-state index contributed by atoms with van der Waals surface area (Å²) >= 11 is 0. The van der Waals surface area contributed by atoms with Gasteiger partial charge in [-0.25, -0.2) is 5.32 Å². The predicted molar refractivity (Wildman–Crippen MR) is 52.8 cm³/mol. The maximum Gasteiger partial charge on any atom is 0.272 e. The Labute approximate surface area is 79.0 Å². The van der Waals surface area contributed by atoms with Crippen molar-refractivity contribution >= 4 is 5.91 Å². The van der Waals surface area contributed by atoms with E-state index in [2.05, 4.69) is 5.32 Å². The van der Waals surface area contributed by atoms with Gasteiger partial charge in [-0.2, -0.15) is 0 Å². The van der Waals surface area contributed by atoms with E-state index in [0.29, 0.717) is 12.1 Å². The number of rotatable bonds is 3. The third-order valence-corrected chi connectivity index (χ3v) is 1.78. The highest BCUT2D eigenvalue weighted by Gasteiger charge is 2.04. The van der Waals surface area contributed by atoms with Crippen molar-refractivity contribution in [2.24, 2.45) is 0 Å². The fourth-order valence-electron chi connectivity index (χ4n) is 1.00. The minimum Gasteiger partial charge on any atom is -0.267 e. The fraction of sp³-hybridized carbons (Fsp3) is 0.364. The highest BCUT2D eigenvalue weighted by molar-refractivity contribution is 5.93. The predicted octanol–water partition coefficient (Wildman–Crippen LogP) is 2.15. The highest BCUT2D eigenvalue weighted by atomic mass is 16.1. The van der Waals surface area contributed by atoms with Gasteiger partial charge < -0.3 is 0 Å². The Morgan fingerprint density at radius 1 is 1.31 bits per heavy atom. The number of amides is 1. The molecule has 1 aromatic rings. The van der Waals surface area contributed by atoms with Crippen LogP contribution in [0.5, 0.6) is 0 Å². The van der Waals surface area contributed by atoms with E-state index in [4.69, 9.17) is 0 Å². The number of aryl methyl sites for hydroxylation is 1. The monoisotopic (exact) mass is 176 g/mol. The van der Waals surface area contributed by atoms with Crippen molar-refractivity contribution in [1.29, 1.82) is 0 Å². The highest BCUT2D eigenvalue weighted by Crippen LogP contribution is 2.02. The molecule has 0 fully saturated rings. The quantitative estimate of drug-likeness (QED) is 0.694. The lowest BCUT2D eigenvalue weighted by Gasteiger charge is -2.00. The SMILES string of the molecule is CCC[N]C(=O)c1ccc(C)cc1. The minimum absolute atomic E-state index is 0.109. The standard InChI is InChI=1S/C11H14NO/c1-3-8-12-11(13)10-6-4-9(2)5-7-10/h4-7H,3,8H2,1-2H3. The Morgan fingerprint density at radius 3 is 2.46 bits per heavy atom. The van der Waals surface area contributed by atoms with Crippen molar-refractivity contribution in [3.63, 3.8) is 0 Å². The van der Waals surface area contributed by atoms with Crippen LogP contribution in [0.25, 0.3) is 0 Å². The van der Waals surface area contributed by atoms with Gasteiger partial charge in [0, 0.05) is 12.1 Å². The molecule has 1 aromatic carbocycles. The van der Waals surface area contributed by atoms with Gasteiger partial charge in [-0.1, -0.05) is 24.6 Å². The average molecular weight is 176 g/mol. The van der Waals surface area contributed by atoms with Crippen LogP contribution in [0.2, 0.25) is 0 Å². The van der Waals surface area contributed by atoms with Gasteiger partial charge in [0.25, 0.3) is 5.91 Å². The van der Waals surface area contributed by atoms with Crippen LogP contribution < -0.4 is 5.32 Å². The first kappa shape index (κ1) is 9.78. The number of hydrogen-bond donors (Lipinski definition) is 0. The molecule has 1 amide bonds. The summed E-state index contributed by atoms with van der Waals surface area (Å²) < 4.78 is 0. The summed E-state index contributed by atoms with van der Waals surface area (Å²) in [6.07, 6.45) is 0.914. The van der Waals surface area contributed by atoms with Crippen LogP contribution in [-0.2, 0) is 0 Å². The maximum atomic E-state index is 11.3. The van der Waals surface area contributed by atoms with E-state index < -0.39 is 0 Å².